The van der Waals surface area contributed by atoms with Crippen LogP contribution in [0, 0.1) is 0 Å². The molecule has 19 heavy (non-hydrogen) atoms. The summed E-state index contributed by atoms with van der Waals surface area (Å²) in [5, 5.41) is 11.2. The van der Waals surface area contributed by atoms with Crippen LogP contribution in [0.15, 0.2) is 16.9 Å². The summed E-state index contributed by atoms with van der Waals surface area (Å²) in [5.74, 6) is 0.0478. The summed E-state index contributed by atoms with van der Waals surface area (Å²) in [5.41, 5.74) is 6.86. The van der Waals surface area contributed by atoms with Gasteiger partial charge < -0.3 is 10.6 Å². The number of hydrogen-bond acceptors (Lipinski definition) is 6. The van der Waals surface area contributed by atoms with Crippen molar-refractivity contribution >= 4 is 11.7 Å². The quantitative estimate of drug-likeness (QED) is 0.819. The molecule has 0 aliphatic carbocycles. The zero-order valence-corrected chi connectivity index (χ0v) is 10.9. The zero-order valence-electron chi connectivity index (χ0n) is 10.9. The van der Waals surface area contributed by atoms with Crippen LogP contribution in [0.2, 0.25) is 0 Å². The molecule has 0 saturated heterocycles. The molecule has 8 nitrogen and oxygen atoms in total. The van der Waals surface area contributed by atoms with Gasteiger partial charge in [-0.05, 0) is 18.1 Å². The maximum atomic E-state index is 12.0. The van der Waals surface area contributed by atoms with Gasteiger partial charge in [0.05, 0.1) is 18.7 Å². The van der Waals surface area contributed by atoms with Gasteiger partial charge in [-0.15, -0.1) is 0 Å². The Morgan fingerprint density at radius 3 is 2.95 bits per heavy atom. The minimum atomic E-state index is -0.105. The molecule has 102 valence electrons. The van der Waals surface area contributed by atoms with Crippen molar-refractivity contribution in [1.29, 1.82) is 0 Å². The van der Waals surface area contributed by atoms with E-state index in [1.807, 2.05) is 17.7 Å². The predicted octanol–water partition coefficient (Wildman–Crippen LogP) is 0.0693. The van der Waals surface area contributed by atoms with Crippen LogP contribution in [0.5, 0.6) is 0 Å². The summed E-state index contributed by atoms with van der Waals surface area (Å²) in [6.45, 7) is 3.25. The maximum Gasteiger partial charge on any atom is 0.228 e. The summed E-state index contributed by atoms with van der Waals surface area (Å²) in [6.07, 6.45) is 1.79. The highest BCUT2D eigenvalue weighted by Crippen LogP contribution is 2.09. The smallest absolute Gasteiger partial charge is 0.228 e. The molecule has 1 amide bonds. The van der Waals surface area contributed by atoms with Crippen LogP contribution >= 0.6 is 0 Å². The second-order valence-electron chi connectivity index (χ2n) is 4.16. The number of hydrogen-bond donors (Lipinski definition) is 1. The van der Waals surface area contributed by atoms with Crippen LogP contribution in [0.25, 0.3) is 0 Å². The van der Waals surface area contributed by atoms with Gasteiger partial charge in [0, 0.05) is 19.8 Å². The number of aromatic nitrogens is 4. The van der Waals surface area contributed by atoms with Gasteiger partial charge in [0.15, 0.2) is 5.82 Å². The highest BCUT2D eigenvalue weighted by atomic mass is 16.6. The van der Waals surface area contributed by atoms with E-state index in [4.69, 9.17) is 5.73 Å². The number of rotatable bonds is 5. The van der Waals surface area contributed by atoms with Crippen molar-refractivity contribution in [3.63, 3.8) is 0 Å². The minimum Gasteiger partial charge on any atom is -0.379 e. The SMILES string of the molecule is CCn1nccc1CN(C)C(=O)Cc1nonc1N. The monoisotopic (exact) mass is 264 g/mol. The molecule has 2 N–H and O–H groups in total. The molecule has 2 rings (SSSR count). The lowest BCUT2D eigenvalue weighted by Gasteiger charge is -2.17. The lowest BCUT2D eigenvalue weighted by molar-refractivity contribution is -0.129. The average Bonchev–Trinajstić information content (AvgIpc) is 2.99. The third-order valence-electron chi connectivity index (χ3n) is 2.83. The topological polar surface area (TPSA) is 103 Å². The predicted molar refractivity (Wildman–Crippen MR) is 66.8 cm³/mol. The molecule has 0 saturated carbocycles. The number of carbonyl (C=O) groups is 1. The maximum absolute atomic E-state index is 12.0. The average molecular weight is 264 g/mol. The fourth-order valence-corrected chi connectivity index (χ4v) is 1.72. The second kappa shape index (κ2) is 5.51. The number of aryl methyl sites for hydroxylation is 1. The first kappa shape index (κ1) is 13.1. The molecule has 0 unspecified atom stereocenters. The van der Waals surface area contributed by atoms with Crippen molar-refractivity contribution in [2.45, 2.75) is 26.4 Å². The normalized spacial score (nSPS) is 10.6. The van der Waals surface area contributed by atoms with Crippen LogP contribution in [0.3, 0.4) is 0 Å². The van der Waals surface area contributed by atoms with Gasteiger partial charge in [0.2, 0.25) is 5.91 Å². The Morgan fingerprint density at radius 2 is 2.32 bits per heavy atom. The van der Waals surface area contributed by atoms with Crippen molar-refractivity contribution in [1.82, 2.24) is 25.0 Å². The Kier molecular flexibility index (Phi) is 3.79. The first-order valence-corrected chi connectivity index (χ1v) is 5.93. The number of likely N-dealkylation sites (N-methyl/N-ethyl adjacent to an activating group) is 1. The standard InChI is InChI=1S/C11H16N6O2/c1-3-17-8(4-5-13-17)7-16(2)10(18)6-9-11(12)15-19-14-9/h4-5H,3,6-7H2,1-2H3,(H2,12,15). The molecule has 8 heteroatoms. The largest absolute Gasteiger partial charge is 0.379 e. The number of nitrogens with zero attached hydrogens (tertiary/aromatic N) is 5. The fourth-order valence-electron chi connectivity index (χ4n) is 1.72. The van der Waals surface area contributed by atoms with Crippen molar-refractivity contribution in [2.75, 3.05) is 12.8 Å². The van der Waals surface area contributed by atoms with E-state index in [2.05, 4.69) is 20.0 Å². The zero-order chi connectivity index (χ0) is 13.8. The van der Waals surface area contributed by atoms with E-state index in [0.29, 0.717) is 12.2 Å². The van der Waals surface area contributed by atoms with Gasteiger partial charge >= 0.3 is 0 Å². The Hall–Kier alpha value is -2.38. The summed E-state index contributed by atoms with van der Waals surface area (Å²) >= 11 is 0. The molecule has 0 radical (unpaired) electrons. The van der Waals surface area contributed by atoms with Gasteiger partial charge in [-0.1, -0.05) is 5.16 Å². The molecule has 2 heterocycles. The van der Waals surface area contributed by atoms with E-state index in [1.54, 1.807) is 18.1 Å². The molecule has 2 aromatic rings. The number of carbonyl (C=O) groups excluding carboxylic acids is 1. The first-order chi connectivity index (χ1) is 9.11. The molecule has 0 bridgehead atoms. The summed E-state index contributed by atoms with van der Waals surface area (Å²) in [4.78, 5) is 13.6. The van der Waals surface area contributed by atoms with E-state index in [9.17, 15) is 4.79 Å². The molecular weight excluding hydrogens is 248 g/mol. The highest BCUT2D eigenvalue weighted by molar-refractivity contribution is 5.79. The van der Waals surface area contributed by atoms with E-state index >= 15 is 0 Å². The fraction of sp³-hybridized carbons (Fsp3) is 0.455. The van der Waals surface area contributed by atoms with Crippen LogP contribution in [-0.4, -0.2) is 37.9 Å². The summed E-state index contributed by atoms with van der Waals surface area (Å²) in [7, 11) is 1.72. The summed E-state index contributed by atoms with van der Waals surface area (Å²) < 4.78 is 6.30. The van der Waals surface area contributed by atoms with Crippen LogP contribution in [0.4, 0.5) is 5.82 Å². The number of anilines is 1. The molecule has 0 spiro atoms. The molecular formula is C11H16N6O2. The van der Waals surface area contributed by atoms with Gasteiger partial charge in [-0.3, -0.25) is 9.48 Å². The van der Waals surface area contributed by atoms with E-state index < -0.39 is 0 Å². The highest BCUT2D eigenvalue weighted by Gasteiger charge is 2.16. The van der Waals surface area contributed by atoms with E-state index in [1.165, 1.54) is 0 Å². The van der Waals surface area contributed by atoms with Gasteiger partial charge in [-0.25, -0.2) is 4.63 Å². The Labute approximate surface area is 110 Å². The Balaban J connectivity index is 1.98. The third-order valence-corrected chi connectivity index (χ3v) is 2.83. The van der Waals surface area contributed by atoms with Gasteiger partial charge in [0.1, 0.15) is 5.69 Å². The molecule has 0 aliphatic heterocycles. The van der Waals surface area contributed by atoms with Crippen molar-refractivity contribution in [3.8, 4) is 0 Å². The van der Waals surface area contributed by atoms with Crippen molar-refractivity contribution in [2.24, 2.45) is 0 Å². The van der Waals surface area contributed by atoms with Crippen LogP contribution < -0.4 is 5.73 Å². The first-order valence-electron chi connectivity index (χ1n) is 5.93. The molecule has 0 aromatic carbocycles. The molecule has 0 fully saturated rings. The van der Waals surface area contributed by atoms with Crippen LogP contribution in [-0.2, 0) is 24.3 Å². The second-order valence-corrected chi connectivity index (χ2v) is 4.16. The van der Waals surface area contributed by atoms with E-state index in [0.717, 1.165) is 12.2 Å². The molecule has 2 aromatic heterocycles. The lowest BCUT2D eigenvalue weighted by atomic mass is 10.2. The van der Waals surface area contributed by atoms with Crippen LogP contribution in [0.1, 0.15) is 18.3 Å². The minimum absolute atomic E-state index is 0.0755. The third kappa shape index (κ3) is 2.90. The lowest BCUT2D eigenvalue weighted by Crippen LogP contribution is -2.29. The van der Waals surface area contributed by atoms with Crippen molar-refractivity contribution < 1.29 is 9.42 Å². The molecule has 0 atom stereocenters. The molecule has 0 aliphatic rings. The number of amides is 1. The van der Waals surface area contributed by atoms with E-state index in [-0.39, 0.29) is 18.1 Å². The van der Waals surface area contributed by atoms with Crippen molar-refractivity contribution in [3.05, 3.63) is 23.7 Å². The summed E-state index contributed by atoms with van der Waals surface area (Å²) in [6, 6.07) is 1.89. The van der Waals surface area contributed by atoms with Gasteiger partial charge in [-0.2, -0.15) is 5.10 Å². The number of nitrogens with two attached hydrogens (primary N) is 1. The van der Waals surface area contributed by atoms with Gasteiger partial charge in [0.25, 0.3) is 0 Å². The number of nitrogen functional groups attached to an aromatic ring is 1. The Morgan fingerprint density at radius 1 is 1.53 bits per heavy atom. The Bertz CT molecular complexity index is 561.